The standard InChI is InChI=1S/C19H20N2O4/c22-19(18-13-24-16-7-3-4-8-17(16)25-18)20-14-5-1-2-6-15(14)21-9-11-23-12-10-21/h1-8,18H,9-13H2,(H,20,22). The number of carbonyl (C=O) groups is 1. The van der Waals surface area contributed by atoms with Gasteiger partial charge in [0.05, 0.1) is 24.6 Å². The van der Waals surface area contributed by atoms with Crippen molar-refractivity contribution in [2.75, 3.05) is 43.1 Å². The Morgan fingerprint density at radius 3 is 2.56 bits per heavy atom. The SMILES string of the molecule is O=C(Nc1ccccc1N1CCOCC1)C1COc2ccccc2O1. The van der Waals surface area contributed by atoms with Crippen molar-refractivity contribution in [2.45, 2.75) is 6.10 Å². The number of amides is 1. The summed E-state index contributed by atoms with van der Waals surface area (Å²) in [4.78, 5) is 14.9. The molecule has 0 radical (unpaired) electrons. The molecule has 0 aromatic heterocycles. The van der Waals surface area contributed by atoms with E-state index in [1.54, 1.807) is 6.07 Å². The van der Waals surface area contributed by atoms with E-state index in [4.69, 9.17) is 14.2 Å². The van der Waals surface area contributed by atoms with Crippen LogP contribution < -0.4 is 19.7 Å². The van der Waals surface area contributed by atoms with Crippen LogP contribution in [0, 0.1) is 0 Å². The smallest absolute Gasteiger partial charge is 0.269 e. The second-order valence-electron chi connectivity index (χ2n) is 5.97. The van der Waals surface area contributed by atoms with Crippen molar-refractivity contribution in [3.8, 4) is 11.5 Å². The van der Waals surface area contributed by atoms with Crippen LogP contribution in [0.4, 0.5) is 11.4 Å². The highest BCUT2D eigenvalue weighted by Crippen LogP contribution is 2.32. The number of nitrogens with zero attached hydrogens (tertiary/aromatic N) is 1. The summed E-state index contributed by atoms with van der Waals surface area (Å²) in [5.41, 5.74) is 1.77. The number of morpholine rings is 1. The van der Waals surface area contributed by atoms with Crippen LogP contribution in [0.2, 0.25) is 0 Å². The third-order valence-electron chi connectivity index (χ3n) is 4.31. The first-order valence-corrected chi connectivity index (χ1v) is 8.42. The summed E-state index contributed by atoms with van der Waals surface area (Å²) in [5, 5.41) is 2.98. The largest absolute Gasteiger partial charge is 0.485 e. The minimum atomic E-state index is -0.673. The number of para-hydroxylation sites is 4. The number of carbonyl (C=O) groups excluding carboxylic acids is 1. The first-order chi connectivity index (χ1) is 12.3. The number of fused-ring (bicyclic) bond motifs is 1. The van der Waals surface area contributed by atoms with E-state index in [1.807, 2.05) is 42.5 Å². The maximum atomic E-state index is 12.7. The summed E-state index contributed by atoms with van der Waals surface area (Å²) in [7, 11) is 0. The summed E-state index contributed by atoms with van der Waals surface area (Å²) < 4.78 is 16.8. The van der Waals surface area contributed by atoms with E-state index in [2.05, 4.69) is 10.2 Å². The molecule has 1 saturated heterocycles. The minimum Gasteiger partial charge on any atom is -0.485 e. The average Bonchev–Trinajstić information content (AvgIpc) is 2.68. The van der Waals surface area contributed by atoms with Crippen molar-refractivity contribution < 1.29 is 19.0 Å². The molecule has 1 N–H and O–H groups in total. The van der Waals surface area contributed by atoms with Gasteiger partial charge in [-0.15, -0.1) is 0 Å². The second kappa shape index (κ2) is 7.03. The summed E-state index contributed by atoms with van der Waals surface area (Å²) in [6.07, 6.45) is -0.673. The molecule has 0 saturated carbocycles. The van der Waals surface area contributed by atoms with Crippen molar-refractivity contribution in [1.82, 2.24) is 0 Å². The summed E-state index contributed by atoms with van der Waals surface area (Å²) in [6, 6.07) is 15.2. The van der Waals surface area contributed by atoms with Gasteiger partial charge < -0.3 is 24.4 Å². The molecule has 1 unspecified atom stereocenters. The molecule has 0 bridgehead atoms. The highest BCUT2D eigenvalue weighted by atomic mass is 16.6. The molecule has 0 spiro atoms. The normalized spacial score (nSPS) is 19.4. The van der Waals surface area contributed by atoms with Crippen molar-refractivity contribution in [3.63, 3.8) is 0 Å². The maximum Gasteiger partial charge on any atom is 0.269 e. The van der Waals surface area contributed by atoms with Crippen molar-refractivity contribution in [1.29, 1.82) is 0 Å². The van der Waals surface area contributed by atoms with E-state index in [9.17, 15) is 4.79 Å². The molecule has 2 aliphatic heterocycles. The topological polar surface area (TPSA) is 60.0 Å². The van der Waals surface area contributed by atoms with Gasteiger partial charge in [-0.05, 0) is 24.3 Å². The van der Waals surface area contributed by atoms with E-state index in [0.717, 1.165) is 24.5 Å². The van der Waals surface area contributed by atoms with Gasteiger partial charge in [-0.3, -0.25) is 4.79 Å². The van der Waals surface area contributed by atoms with Crippen LogP contribution in [0.1, 0.15) is 0 Å². The lowest BCUT2D eigenvalue weighted by Gasteiger charge is -2.31. The van der Waals surface area contributed by atoms with Crippen LogP contribution in [0.15, 0.2) is 48.5 Å². The molecule has 2 heterocycles. The van der Waals surface area contributed by atoms with Crippen LogP contribution in [-0.4, -0.2) is 44.9 Å². The molecule has 4 rings (SSSR count). The van der Waals surface area contributed by atoms with E-state index in [-0.39, 0.29) is 12.5 Å². The van der Waals surface area contributed by atoms with Crippen molar-refractivity contribution in [3.05, 3.63) is 48.5 Å². The number of hydrogen-bond acceptors (Lipinski definition) is 5. The molecule has 1 atom stereocenters. The van der Waals surface area contributed by atoms with Gasteiger partial charge in [-0.25, -0.2) is 0 Å². The first kappa shape index (κ1) is 15.8. The Bertz CT molecular complexity index is 759. The van der Waals surface area contributed by atoms with Gasteiger partial charge in [0, 0.05) is 13.1 Å². The molecule has 1 amide bonds. The average molecular weight is 340 g/mol. The monoisotopic (exact) mass is 340 g/mol. The van der Waals surface area contributed by atoms with Gasteiger partial charge >= 0.3 is 0 Å². The van der Waals surface area contributed by atoms with E-state index in [0.29, 0.717) is 24.7 Å². The van der Waals surface area contributed by atoms with E-state index in [1.165, 1.54) is 0 Å². The van der Waals surface area contributed by atoms with Crippen molar-refractivity contribution >= 4 is 17.3 Å². The van der Waals surface area contributed by atoms with Gasteiger partial charge in [0.2, 0.25) is 6.10 Å². The lowest BCUT2D eigenvalue weighted by molar-refractivity contribution is -0.125. The summed E-state index contributed by atoms with van der Waals surface area (Å²) in [5.74, 6) is 1.05. The highest BCUT2D eigenvalue weighted by molar-refractivity contribution is 5.97. The lowest BCUT2D eigenvalue weighted by atomic mass is 10.2. The predicted molar refractivity (Wildman–Crippen MR) is 94.5 cm³/mol. The third kappa shape index (κ3) is 3.39. The van der Waals surface area contributed by atoms with E-state index >= 15 is 0 Å². The van der Waals surface area contributed by atoms with Gasteiger partial charge in [-0.1, -0.05) is 24.3 Å². The van der Waals surface area contributed by atoms with Gasteiger partial charge in [0.25, 0.3) is 5.91 Å². The highest BCUT2D eigenvalue weighted by Gasteiger charge is 2.28. The van der Waals surface area contributed by atoms with Crippen LogP contribution in [0.3, 0.4) is 0 Å². The quantitative estimate of drug-likeness (QED) is 0.929. The zero-order valence-electron chi connectivity index (χ0n) is 13.8. The molecular weight excluding hydrogens is 320 g/mol. The Morgan fingerprint density at radius 2 is 1.72 bits per heavy atom. The third-order valence-corrected chi connectivity index (χ3v) is 4.31. The summed E-state index contributed by atoms with van der Waals surface area (Å²) >= 11 is 0. The fourth-order valence-electron chi connectivity index (χ4n) is 3.02. The number of benzene rings is 2. The van der Waals surface area contributed by atoms with Crippen LogP contribution in [0.5, 0.6) is 11.5 Å². The zero-order chi connectivity index (χ0) is 17.1. The number of rotatable bonds is 3. The van der Waals surface area contributed by atoms with Crippen LogP contribution in [0.25, 0.3) is 0 Å². The van der Waals surface area contributed by atoms with Crippen LogP contribution >= 0.6 is 0 Å². The first-order valence-electron chi connectivity index (χ1n) is 8.42. The molecule has 6 nitrogen and oxygen atoms in total. The Labute approximate surface area is 146 Å². The Hall–Kier alpha value is -2.73. The molecule has 1 fully saturated rings. The minimum absolute atomic E-state index is 0.197. The van der Waals surface area contributed by atoms with Gasteiger partial charge in [0.15, 0.2) is 11.5 Å². The number of nitrogens with one attached hydrogen (secondary N) is 1. The zero-order valence-corrected chi connectivity index (χ0v) is 13.8. The molecule has 2 aromatic carbocycles. The Morgan fingerprint density at radius 1 is 1.00 bits per heavy atom. The predicted octanol–water partition coefficient (Wildman–Crippen LogP) is 2.30. The maximum absolute atomic E-state index is 12.7. The molecule has 130 valence electrons. The summed E-state index contributed by atoms with van der Waals surface area (Å²) in [6.45, 7) is 3.20. The molecular formula is C19H20N2O4. The van der Waals surface area contributed by atoms with Gasteiger partial charge in [-0.2, -0.15) is 0 Å². The molecule has 0 aliphatic carbocycles. The Balaban J connectivity index is 1.48. The number of anilines is 2. The molecule has 2 aliphatic rings. The van der Waals surface area contributed by atoms with E-state index < -0.39 is 6.10 Å². The number of hydrogen-bond donors (Lipinski definition) is 1. The number of ether oxygens (including phenoxy) is 3. The second-order valence-corrected chi connectivity index (χ2v) is 5.97. The molecule has 2 aromatic rings. The van der Waals surface area contributed by atoms with Crippen molar-refractivity contribution in [2.24, 2.45) is 0 Å². The fourth-order valence-corrected chi connectivity index (χ4v) is 3.02. The fraction of sp³-hybridized carbons (Fsp3) is 0.316. The lowest BCUT2D eigenvalue weighted by Crippen LogP contribution is -2.41. The molecule has 6 heteroatoms. The van der Waals surface area contributed by atoms with Gasteiger partial charge in [0.1, 0.15) is 6.61 Å². The van der Waals surface area contributed by atoms with Crippen LogP contribution in [-0.2, 0) is 9.53 Å². The Kier molecular flexibility index (Phi) is 4.43. The molecule has 25 heavy (non-hydrogen) atoms.